The minimum atomic E-state index is 0.692. The first-order valence-electron chi connectivity index (χ1n) is 6.45. The molecule has 0 N–H and O–H groups in total. The van der Waals surface area contributed by atoms with Gasteiger partial charge in [-0.1, -0.05) is 18.2 Å². The first kappa shape index (κ1) is 10.0. The van der Waals surface area contributed by atoms with Gasteiger partial charge in [-0.3, -0.25) is 0 Å². The largest absolute Gasteiger partial charge is 0.453 e. The number of ether oxygens (including phenoxy) is 1. The Kier molecular flexibility index (Phi) is 1.95. The Morgan fingerprint density at radius 1 is 1.06 bits per heavy atom. The molecule has 2 aliphatic rings. The molecule has 2 aromatic carbocycles. The van der Waals surface area contributed by atoms with Crippen LogP contribution < -0.4 is 10.1 Å². The zero-order chi connectivity index (χ0) is 12.1. The van der Waals surface area contributed by atoms with Crippen LogP contribution in [0.3, 0.4) is 0 Å². The van der Waals surface area contributed by atoms with E-state index in [-0.39, 0.29) is 0 Å². The van der Waals surface area contributed by atoms with Crippen molar-refractivity contribution < 1.29 is 4.74 Å². The standard InChI is InChI=1S/C16H14NO/c1-10-6-9-14-16(15(10)11-7-8-11)17-12-4-2-3-5-13(12)18-14/h2-6,9,11H,7-8H2,1H3. The number of hydrogen-bond donors (Lipinski definition) is 0. The van der Waals surface area contributed by atoms with Gasteiger partial charge < -0.3 is 4.74 Å². The van der Waals surface area contributed by atoms with Gasteiger partial charge >= 0.3 is 0 Å². The molecule has 0 atom stereocenters. The van der Waals surface area contributed by atoms with Gasteiger partial charge in [-0.2, -0.15) is 0 Å². The van der Waals surface area contributed by atoms with Gasteiger partial charge in [0.2, 0.25) is 0 Å². The third kappa shape index (κ3) is 1.42. The van der Waals surface area contributed by atoms with Crippen molar-refractivity contribution in [1.82, 2.24) is 5.32 Å². The van der Waals surface area contributed by atoms with Crippen molar-refractivity contribution in [2.45, 2.75) is 25.7 Å². The molecular weight excluding hydrogens is 222 g/mol. The van der Waals surface area contributed by atoms with Gasteiger partial charge in [-0.25, -0.2) is 5.32 Å². The average molecular weight is 236 g/mol. The summed E-state index contributed by atoms with van der Waals surface area (Å²) in [5.41, 5.74) is 4.72. The van der Waals surface area contributed by atoms with Crippen LogP contribution in [0.15, 0.2) is 36.4 Å². The van der Waals surface area contributed by atoms with Gasteiger partial charge in [-0.15, -0.1) is 0 Å². The molecule has 2 aromatic rings. The van der Waals surface area contributed by atoms with Gasteiger partial charge in [0.05, 0.1) is 0 Å². The lowest BCUT2D eigenvalue weighted by molar-refractivity contribution is 0.470. The minimum absolute atomic E-state index is 0.692. The second-order valence-corrected chi connectivity index (χ2v) is 5.10. The zero-order valence-corrected chi connectivity index (χ0v) is 10.3. The highest BCUT2D eigenvalue weighted by molar-refractivity contribution is 5.72. The lowest BCUT2D eigenvalue weighted by Gasteiger charge is -2.23. The Hall–Kier alpha value is -1.96. The fourth-order valence-electron chi connectivity index (χ4n) is 2.65. The molecule has 89 valence electrons. The number of fused-ring (bicyclic) bond motifs is 2. The predicted molar refractivity (Wildman–Crippen MR) is 71.1 cm³/mol. The quantitative estimate of drug-likeness (QED) is 0.608. The summed E-state index contributed by atoms with van der Waals surface area (Å²) in [7, 11) is 0. The first-order valence-corrected chi connectivity index (χ1v) is 6.45. The SMILES string of the molecule is Cc1ccc2c(c1C1CC1)[N]c1ccccc1O2. The van der Waals surface area contributed by atoms with Crippen LogP contribution in [0.25, 0.3) is 0 Å². The van der Waals surface area contributed by atoms with E-state index in [2.05, 4.69) is 13.0 Å². The van der Waals surface area contributed by atoms with E-state index in [0.29, 0.717) is 5.92 Å². The van der Waals surface area contributed by atoms with E-state index in [1.54, 1.807) is 0 Å². The molecule has 0 spiro atoms. The maximum atomic E-state index is 5.96. The van der Waals surface area contributed by atoms with Crippen molar-refractivity contribution in [3.8, 4) is 11.5 Å². The fraction of sp³-hybridized carbons (Fsp3) is 0.250. The van der Waals surface area contributed by atoms with Crippen molar-refractivity contribution in [2.24, 2.45) is 0 Å². The molecule has 1 aliphatic heterocycles. The highest BCUT2D eigenvalue weighted by atomic mass is 16.5. The van der Waals surface area contributed by atoms with E-state index >= 15 is 0 Å². The third-order valence-corrected chi connectivity index (χ3v) is 3.70. The van der Waals surface area contributed by atoms with Crippen LogP contribution >= 0.6 is 0 Å². The van der Waals surface area contributed by atoms with Crippen LogP contribution in [-0.4, -0.2) is 0 Å². The van der Waals surface area contributed by atoms with E-state index in [1.165, 1.54) is 24.0 Å². The molecule has 1 saturated carbocycles. The Morgan fingerprint density at radius 3 is 2.72 bits per heavy atom. The van der Waals surface area contributed by atoms with Crippen LogP contribution in [0, 0.1) is 6.92 Å². The molecule has 1 heterocycles. The smallest absolute Gasteiger partial charge is 0.153 e. The molecule has 0 saturated heterocycles. The van der Waals surface area contributed by atoms with Crippen LogP contribution in [0.2, 0.25) is 0 Å². The highest BCUT2D eigenvalue weighted by Gasteiger charge is 2.31. The molecule has 1 fully saturated rings. The maximum Gasteiger partial charge on any atom is 0.153 e. The Bertz CT molecular complexity index is 629. The molecule has 2 heteroatoms. The molecule has 0 bridgehead atoms. The van der Waals surface area contributed by atoms with Gasteiger partial charge in [-0.05, 0) is 55.0 Å². The molecule has 0 amide bonds. The second kappa shape index (κ2) is 3.52. The third-order valence-electron chi connectivity index (χ3n) is 3.70. The van der Waals surface area contributed by atoms with E-state index in [4.69, 9.17) is 10.1 Å². The van der Waals surface area contributed by atoms with Gasteiger partial charge in [0.25, 0.3) is 0 Å². The second-order valence-electron chi connectivity index (χ2n) is 5.10. The first-order chi connectivity index (χ1) is 8.83. The summed E-state index contributed by atoms with van der Waals surface area (Å²) in [6, 6.07) is 12.2. The molecule has 4 rings (SSSR count). The molecule has 0 aromatic heterocycles. The van der Waals surface area contributed by atoms with Crippen molar-refractivity contribution in [2.75, 3.05) is 0 Å². The van der Waals surface area contributed by atoms with E-state index < -0.39 is 0 Å². The van der Waals surface area contributed by atoms with E-state index in [1.807, 2.05) is 30.3 Å². The summed E-state index contributed by atoms with van der Waals surface area (Å²) in [6.45, 7) is 2.17. The molecule has 0 unspecified atom stereocenters. The van der Waals surface area contributed by atoms with Gasteiger partial charge in [0.15, 0.2) is 11.5 Å². The van der Waals surface area contributed by atoms with Crippen molar-refractivity contribution in [1.29, 1.82) is 0 Å². The Labute approximate surface area is 107 Å². The lowest BCUT2D eigenvalue weighted by Crippen LogP contribution is -2.05. The summed E-state index contributed by atoms with van der Waals surface area (Å²) in [6.07, 6.45) is 2.57. The number of benzene rings is 2. The minimum Gasteiger partial charge on any atom is -0.453 e. The van der Waals surface area contributed by atoms with Gasteiger partial charge in [0.1, 0.15) is 11.4 Å². The van der Waals surface area contributed by atoms with E-state index in [9.17, 15) is 0 Å². The molecular formula is C16H14NO. The molecule has 1 radical (unpaired) electrons. The van der Waals surface area contributed by atoms with Crippen LogP contribution in [0.1, 0.15) is 29.9 Å². The summed E-state index contributed by atoms with van der Waals surface area (Å²) >= 11 is 0. The monoisotopic (exact) mass is 236 g/mol. The zero-order valence-electron chi connectivity index (χ0n) is 10.3. The summed E-state index contributed by atoms with van der Waals surface area (Å²) in [5, 5.41) is 4.81. The lowest BCUT2D eigenvalue weighted by atomic mass is 10.00. The Balaban J connectivity index is 1.88. The topological polar surface area (TPSA) is 23.3 Å². The highest BCUT2D eigenvalue weighted by Crippen LogP contribution is 2.52. The van der Waals surface area contributed by atoms with Crippen molar-refractivity contribution in [3.63, 3.8) is 0 Å². The number of para-hydroxylation sites is 2. The number of hydrogen-bond acceptors (Lipinski definition) is 1. The maximum absolute atomic E-state index is 5.96. The predicted octanol–water partition coefficient (Wildman–Crippen LogP) is 4.55. The summed E-state index contributed by atoms with van der Waals surface area (Å²) in [4.78, 5) is 0. The normalized spacial score (nSPS) is 16.3. The summed E-state index contributed by atoms with van der Waals surface area (Å²) in [5.74, 6) is 2.45. The van der Waals surface area contributed by atoms with Crippen molar-refractivity contribution >= 4 is 11.4 Å². The number of nitrogens with zero attached hydrogens (tertiary/aromatic N) is 1. The molecule has 2 nitrogen and oxygen atoms in total. The van der Waals surface area contributed by atoms with Crippen LogP contribution in [-0.2, 0) is 0 Å². The Morgan fingerprint density at radius 2 is 1.89 bits per heavy atom. The van der Waals surface area contributed by atoms with Crippen LogP contribution in [0.4, 0.5) is 11.4 Å². The average Bonchev–Trinajstić information content (AvgIpc) is 3.21. The number of aryl methyl sites for hydroxylation is 1. The van der Waals surface area contributed by atoms with Crippen molar-refractivity contribution in [3.05, 3.63) is 47.5 Å². The van der Waals surface area contributed by atoms with Gasteiger partial charge in [0, 0.05) is 0 Å². The van der Waals surface area contributed by atoms with Crippen LogP contribution in [0.5, 0.6) is 11.5 Å². The fourth-order valence-corrected chi connectivity index (χ4v) is 2.65. The molecule has 18 heavy (non-hydrogen) atoms. The van der Waals surface area contributed by atoms with E-state index in [0.717, 1.165) is 22.9 Å². The summed E-state index contributed by atoms with van der Waals surface area (Å²) < 4.78 is 5.96. The molecule has 1 aliphatic carbocycles. The number of rotatable bonds is 1.